The van der Waals surface area contributed by atoms with E-state index in [9.17, 15) is 4.79 Å². The molecule has 0 radical (unpaired) electrons. The van der Waals surface area contributed by atoms with Crippen molar-refractivity contribution < 1.29 is 9.32 Å². The van der Waals surface area contributed by atoms with Gasteiger partial charge in [0.05, 0.1) is 17.3 Å². The Morgan fingerprint density at radius 3 is 3.16 bits per heavy atom. The van der Waals surface area contributed by atoms with E-state index in [4.69, 9.17) is 4.52 Å². The number of carbonyl (C=O) groups is 1. The molecule has 6 nitrogen and oxygen atoms in total. The number of aromatic nitrogens is 2. The number of amides is 1. The van der Waals surface area contributed by atoms with E-state index in [1.54, 1.807) is 18.4 Å². The third kappa shape index (κ3) is 2.52. The predicted octanol–water partition coefficient (Wildman–Crippen LogP) is 0.943. The van der Waals surface area contributed by atoms with Gasteiger partial charge in [0.15, 0.2) is 0 Å². The van der Waals surface area contributed by atoms with Crippen LogP contribution in [0.15, 0.2) is 22.0 Å². The van der Waals surface area contributed by atoms with Crippen molar-refractivity contribution in [2.24, 2.45) is 0 Å². The highest BCUT2D eigenvalue weighted by molar-refractivity contribution is 7.13. The summed E-state index contributed by atoms with van der Waals surface area (Å²) in [6.07, 6.45) is 0. The highest BCUT2D eigenvalue weighted by Crippen LogP contribution is 2.28. The van der Waals surface area contributed by atoms with E-state index in [-0.39, 0.29) is 11.8 Å². The first-order valence-electron chi connectivity index (χ1n) is 6.06. The molecule has 1 fully saturated rings. The van der Waals surface area contributed by atoms with Crippen molar-refractivity contribution >= 4 is 17.2 Å². The van der Waals surface area contributed by atoms with Crippen LogP contribution >= 0.6 is 11.3 Å². The number of nitrogens with zero attached hydrogens (tertiary/aromatic N) is 3. The number of thiophene rings is 1. The summed E-state index contributed by atoms with van der Waals surface area (Å²) in [5.41, 5.74) is 0. The van der Waals surface area contributed by atoms with E-state index in [0.29, 0.717) is 18.3 Å². The summed E-state index contributed by atoms with van der Waals surface area (Å²) in [7, 11) is 1.64. The second-order valence-corrected chi connectivity index (χ2v) is 5.45. The summed E-state index contributed by atoms with van der Waals surface area (Å²) in [6.45, 7) is 2.01. The zero-order chi connectivity index (χ0) is 13.2. The molecule has 0 aromatic carbocycles. The van der Waals surface area contributed by atoms with Gasteiger partial charge in [-0.15, -0.1) is 11.3 Å². The minimum atomic E-state index is 0.0308. The lowest BCUT2D eigenvalue weighted by Gasteiger charge is -2.36. The minimum absolute atomic E-state index is 0.0308. The molecule has 19 heavy (non-hydrogen) atoms. The van der Waals surface area contributed by atoms with Gasteiger partial charge in [0, 0.05) is 20.1 Å². The molecule has 100 valence electrons. The lowest BCUT2D eigenvalue weighted by atomic mass is 10.0. The van der Waals surface area contributed by atoms with E-state index in [2.05, 4.69) is 20.4 Å². The third-order valence-corrected chi connectivity index (χ3v) is 4.00. The maximum Gasteiger partial charge on any atom is 0.233 e. The topological polar surface area (TPSA) is 71.3 Å². The molecular formula is C12H14N4O2S. The molecule has 0 aliphatic carbocycles. The molecule has 0 saturated carbocycles. The molecule has 3 rings (SSSR count). The summed E-state index contributed by atoms with van der Waals surface area (Å²) < 4.78 is 5.29. The van der Waals surface area contributed by atoms with E-state index < -0.39 is 0 Å². The maximum atomic E-state index is 11.2. The van der Waals surface area contributed by atoms with Crippen molar-refractivity contribution in [2.75, 3.05) is 26.7 Å². The largest absolute Gasteiger partial charge is 0.358 e. The van der Waals surface area contributed by atoms with Gasteiger partial charge in [0.1, 0.15) is 0 Å². The SMILES string of the molecule is CNC(=O)CN1CC(c2nc(-c3cccs3)no2)C1. The number of likely N-dealkylation sites (N-methyl/N-ethyl adjacent to an activating group) is 1. The fourth-order valence-electron chi connectivity index (χ4n) is 2.04. The van der Waals surface area contributed by atoms with Crippen molar-refractivity contribution in [1.82, 2.24) is 20.4 Å². The molecule has 0 spiro atoms. The molecule has 1 N–H and O–H groups in total. The van der Waals surface area contributed by atoms with Crippen LogP contribution in [0.3, 0.4) is 0 Å². The molecule has 0 unspecified atom stereocenters. The van der Waals surface area contributed by atoms with E-state index in [1.165, 1.54) is 0 Å². The molecule has 2 aromatic rings. The monoisotopic (exact) mass is 278 g/mol. The van der Waals surface area contributed by atoms with E-state index in [1.807, 2.05) is 17.5 Å². The third-order valence-electron chi connectivity index (χ3n) is 3.14. The summed E-state index contributed by atoms with van der Waals surface area (Å²) in [6, 6.07) is 3.93. The quantitative estimate of drug-likeness (QED) is 0.901. The molecular weight excluding hydrogens is 264 g/mol. The van der Waals surface area contributed by atoms with Gasteiger partial charge in [0.25, 0.3) is 0 Å². The van der Waals surface area contributed by atoms with E-state index >= 15 is 0 Å². The Morgan fingerprint density at radius 2 is 2.47 bits per heavy atom. The molecule has 3 heterocycles. The van der Waals surface area contributed by atoms with Gasteiger partial charge >= 0.3 is 0 Å². The van der Waals surface area contributed by atoms with Crippen LogP contribution in [-0.4, -0.2) is 47.6 Å². The lowest BCUT2D eigenvalue weighted by Crippen LogP contribution is -2.49. The molecule has 0 atom stereocenters. The fourth-order valence-corrected chi connectivity index (χ4v) is 2.69. The Morgan fingerprint density at radius 1 is 1.63 bits per heavy atom. The van der Waals surface area contributed by atoms with Crippen LogP contribution in [-0.2, 0) is 4.79 Å². The first-order chi connectivity index (χ1) is 9.26. The van der Waals surface area contributed by atoms with Crippen LogP contribution in [0.1, 0.15) is 11.8 Å². The summed E-state index contributed by atoms with van der Waals surface area (Å²) in [5.74, 6) is 1.58. The predicted molar refractivity (Wildman–Crippen MR) is 70.9 cm³/mol. The number of rotatable bonds is 4. The molecule has 1 aliphatic heterocycles. The van der Waals surface area contributed by atoms with Crippen LogP contribution in [0.25, 0.3) is 10.7 Å². The van der Waals surface area contributed by atoms with Crippen LogP contribution in [0.5, 0.6) is 0 Å². The standard InChI is InChI=1S/C12H14N4O2S/c1-13-10(17)7-16-5-8(6-16)12-14-11(15-18-12)9-3-2-4-19-9/h2-4,8H,5-7H2,1H3,(H,13,17). The Balaban J connectivity index is 1.59. The van der Waals surface area contributed by atoms with Gasteiger partial charge in [-0.2, -0.15) is 4.98 Å². The van der Waals surface area contributed by atoms with Crippen LogP contribution in [0, 0.1) is 0 Å². The van der Waals surface area contributed by atoms with Crippen molar-refractivity contribution in [1.29, 1.82) is 0 Å². The molecule has 0 bridgehead atoms. The number of carbonyl (C=O) groups excluding carboxylic acids is 1. The average Bonchev–Trinajstić information content (AvgIpc) is 3.02. The molecule has 2 aromatic heterocycles. The highest BCUT2D eigenvalue weighted by atomic mass is 32.1. The second kappa shape index (κ2) is 5.10. The highest BCUT2D eigenvalue weighted by Gasteiger charge is 2.33. The van der Waals surface area contributed by atoms with Gasteiger partial charge in [-0.05, 0) is 11.4 Å². The number of likely N-dealkylation sites (tertiary alicyclic amines) is 1. The number of nitrogens with one attached hydrogen (secondary N) is 1. The first kappa shape index (κ1) is 12.3. The number of hydrogen-bond acceptors (Lipinski definition) is 6. The minimum Gasteiger partial charge on any atom is -0.358 e. The summed E-state index contributed by atoms with van der Waals surface area (Å²) in [4.78, 5) is 18.7. The van der Waals surface area contributed by atoms with Gasteiger partial charge in [0.2, 0.25) is 17.6 Å². The van der Waals surface area contributed by atoms with Crippen molar-refractivity contribution in [3.63, 3.8) is 0 Å². The summed E-state index contributed by atoms with van der Waals surface area (Å²) >= 11 is 1.59. The second-order valence-electron chi connectivity index (χ2n) is 4.50. The molecule has 1 amide bonds. The Labute approximate surface area is 114 Å². The van der Waals surface area contributed by atoms with Crippen LogP contribution in [0.2, 0.25) is 0 Å². The smallest absolute Gasteiger partial charge is 0.233 e. The van der Waals surface area contributed by atoms with Gasteiger partial charge < -0.3 is 9.84 Å². The maximum absolute atomic E-state index is 11.2. The van der Waals surface area contributed by atoms with Gasteiger partial charge in [-0.1, -0.05) is 11.2 Å². The zero-order valence-corrected chi connectivity index (χ0v) is 11.3. The first-order valence-corrected chi connectivity index (χ1v) is 6.94. The molecule has 7 heteroatoms. The van der Waals surface area contributed by atoms with Crippen LogP contribution in [0.4, 0.5) is 0 Å². The van der Waals surface area contributed by atoms with Crippen molar-refractivity contribution in [2.45, 2.75) is 5.92 Å². The Hall–Kier alpha value is -1.73. The molecule has 1 saturated heterocycles. The van der Waals surface area contributed by atoms with Crippen molar-refractivity contribution in [3.05, 3.63) is 23.4 Å². The zero-order valence-electron chi connectivity index (χ0n) is 10.5. The Bertz CT molecular complexity index is 560. The van der Waals surface area contributed by atoms with Gasteiger partial charge in [-0.25, -0.2) is 0 Å². The fraction of sp³-hybridized carbons (Fsp3) is 0.417. The number of hydrogen-bond donors (Lipinski definition) is 1. The summed E-state index contributed by atoms with van der Waals surface area (Å²) in [5, 5.41) is 8.59. The van der Waals surface area contributed by atoms with Crippen LogP contribution < -0.4 is 5.32 Å². The van der Waals surface area contributed by atoms with Crippen molar-refractivity contribution in [3.8, 4) is 10.7 Å². The van der Waals surface area contributed by atoms with Gasteiger partial charge in [-0.3, -0.25) is 9.69 Å². The van der Waals surface area contributed by atoms with E-state index in [0.717, 1.165) is 18.0 Å². The normalized spacial score (nSPS) is 16.3. The lowest BCUT2D eigenvalue weighted by molar-refractivity contribution is -0.122. The average molecular weight is 278 g/mol. The Kier molecular flexibility index (Phi) is 3.31. The molecule has 1 aliphatic rings.